The van der Waals surface area contributed by atoms with E-state index in [1.54, 1.807) is 6.08 Å². The van der Waals surface area contributed by atoms with E-state index in [0.29, 0.717) is 6.04 Å². The quantitative estimate of drug-likeness (QED) is 0.796. The van der Waals surface area contributed by atoms with Gasteiger partial charge in [0.25, 0.3) is 0 Å². The Kier molecular flexibility index (Phi) is 4.15. The summed E-state index contributed by atoms with van der Waals surface area (Å²) in [7, 11) is 0. The zero-order valence-corrected chi connectivity index (χ0v) is 11.2. The molecule has 1 aromatic rings. The van der Waals surface area contributed by atoms with Crippen LogP contribution in [0, 0.1) is 0 Å². The Bertz CT molecular complexity index is 474. The second-order valence-electron chi connectivity index (χ2n) is 4.80. The fourth-order valence-electron chi connectivity index (χ4n) is 2.29. The average molecular weight is 243 g/mol. The zero-order valence-electron chi connectivity index (χ0n) is 11.2. The van der Waals surface area contributed by atoms with Gasteiger partial charge in [-0.05, 0) is 38.8 Å². The number of hydrogen-bond donors (Lipinski definition) is 2. The summed E-state index contributed by atoms with van der Waals surface area (Å²) in [6, 6.07) is 0.399. The third-order valence-electron chi connectivity index (χ3n) is 3.24. The van der Waals surface area contributed by atoms with E-state index in [2.05, 4.69) is 41.8 Å². The fourth-order valence-corrected chi connectivity index (χ4v) is 2.29. The molecule has 0 spiro atoms. The van der Waals surface area contributed by atoms with E-state index in [-0.39, 0.29) is 0 Å². The number of nitrogens with one attached hydrogen (secondary N) is 2. The summed E-state index contributed by atoms with van der Waals surface area (Å²) in [6.07, 6.45) is 10.3. The van der Waals surface area contributed by atoms with Crippen LogP contribution in [0.2, 0.25) is 0 Å². The monoisotopic (exact) mass is 243 g/mol. The van der Waals surface area contributed by atoms with Gasteiger partial charge >= 0.3 is 0 Å². The van der Waals surface area contributed by atoms with Crippen LogP contribution < -0.4 is 5.32 Å². The Morgan fingerprint density at radius 3 is 3.00 bits per heavy atom. The normalized spacial score (nSPS) is 21.3. The number of H-pyrrole nitrogens is 1. The minimum absolute atomic E-state index is 0.399. The first-order valence-electron chi connectivity index (χ1n) is 6.47. The highest BCUT2D eigenvalue weighted by Crippen LogP contribution is 2.22. The van der Waals surface area contributed by atoms with Gasteiger partial charge in [0.15, 0.2) is 0 Å². The third-order valence-corrected chi connectivity index (χ3v) is 3.24. The average Bonchev–Trinajstić information content (AvgIpc) is 3.00. The smallest absolute Gasteiger partial charge is 0.123 e. The Morgan fingerprint density at radius 2 is 2.33 bits per heavy atom. The zero-order chi connectivity index (χ0) is 13.0. The third kappa shape index (κ3) is 2.99. The highest BCUT2D eigenvalue weighted by atomic mass is 15.0. The topological polar surface area (TPSA) is 40.7 Å². The van der Waals surface area contributed by atoms with Crippen LogP contribution in [0.5, 0.6) is 0 Å². The minimum atomic E-state index is 0.399. The second-order valence-corrected chi connectivity index (χ2v) is 4.80. The summed E-state index contributed by atoms with van der Waals surface area (Å²) >= 11 is 0. The van der Waals surface area contributed by atoms with Crippen molar-refractivity contribution in [2.24, 2.45) is 0 Å². The van der Waals surface area contributed by atoms with Crippen LogP contribution in [-0.2, 0) is 0 Å². The molecule has 1 aliphatic rings. The first-order chi connectivity index (χ1) is 8.70. The summed E-state index contributed by atoms with van der Waals surface area (Å²) < 4.78 is 0. The van der Waals surface area contributed by atoms with Crippen molar-refractivity contribution < 1.29 is 0 Å². The maximum Gasteiger partial charge on any atom is 0.123 e. The van der Waals surface area contributed by atoms with Crippen molar-refractivity contribution in [3.63, 3.8) is 0 Å². The first-order valence-corrected chi connectivity index (χ1v) is 6.47. The predicted octanol–water partition coefficient (Wildman–Crippen LogP) is 3.37. The molecule has 18 heavy (non-hydrogen) atoms. The van der Waals surface area contributed by atoms with Crippen molar-refractivity contribution in [1.29, 1.82) is 0 Å². The number of aromatic amines is 1. The van der Waals surface area contributed by atoms with Gasteiger partial charge in [-0.3, -0.25) is 0 Å². The molecule has 0 aromatic carbocycles. The van der Waals surface area contributed by atoms with Gasteiger partial charge in [0.05, 0.1) is 17.9 Å². The second kappa shape index (κ2) is 5.83. The van der Waals surface area contributed by atoms with E-state index >= 15 is 0 Å². The van der Waals surface area contributed by atoms with E-state index in [9.17, 15) is 0 Å². The number of rotatable bonds is 4. The van der Waals surface area contributed by atoms with Gasteiger partial charge in [0.1, 0.15) is 5.82 Å². The molecule has 2 heterocycles. The summed E-state index contributed by atoms with van der Waals surface area (Å²) in [6.45, 7) is 8.96. The van der Waals surface area contributed by atoms with Gasteiger partial charge in [-0.1, -0.05) is 30.4 Å². The lowest BCUT2D eigenvalue weighted by atomic mass is 10.1. The highest BCUT2D eigenvalue weighted by molar-refractivity contribution is 5.63. The van der Waals surface area contributed by atoms with Crippen molar-refractivity contribution in [2.45, 2.75) is 32.7 Å². The van der Waals surface area contributed by atoms with Gasteiger partial charge in [0.2, 0.25) is 0 Å². The maximum absolute atomic E-state index is 4.47. The van der Waals surface area contributed by atoms with Crippen LogP contribution in [-0.4, -0.2) is 16.5 Å². The molecule has 2 N–H and O–H groups in total. The molecule has 0 amide bonds. The van der Waals surface area contributed by atoms with E-state index in [1.165, 1.54) is 24.0 Å². The van der Waals surface area contributed by atoms with Crippen LogP contribution in [0.1, 0.15) is 44.2 Å². The molecule has 1 unspecified atom stereocenters. The van der Waals surface area contributed by atoms with Gasteiger partial charge in [-0.15, -0.1) is 0 Å². The lowest BCUT2D eigenvalue weighted by molar-refractivity contribution is 0.612. The lowest BCUT2D eigenvalue weighted by Crippen LogP contribution is -2.14. The predicted molar refractivity (Wildman–Crippen MR) is 76.2 cm³/mol. The molecule has 0 radical (unpaired) electrons. The van der Waals surface area contributed by atoms with Crippen molar-refractivity contribution in [2.75, 3.05) is 6.54 Å². The molecule has 1 aromatic heterocycles. The van der Waals surface area contributed by atoms with Crippen molar-refractivity contribution in [3.8, 4) is 0 Å². The van der Waals surface area contributed by atoms with Gasteiger partial charge in [-0.25, -0.2) is 4.98 Å². The Hall–Kier alpha value is -1.61. The number of aromatic nitrogens is 2. The lowest BCUT2D eigenvalue weighted by Gasteiger charge is -2.05. The van der Waals surface area contributed by atoms with Gasteiger partial charge in [0, 0.05) is 0 Å². The van der Waals surface area contributed by atoms with Crippen LogP contribution >= 0.6 is 0 Å². The number of imidazole rings is 1. The standard InChI is InChI=1S/C15H21N3/c1-4-6-11(2)9-12(3)14-10-17-15(18-14)13-7-5-8-16-13/h4,6,9-10,13,16H,1,5,7-8H2,2-3H3,(H,17,18). The van der Waals surface area contributed by atoms with Crippen LogP contribution in [0.4, 0.5) is 0 Å². The molecule has 0 aliphatic carbocycles. The molecule has 96 valence electrons. The van der Waals surface area contributed by atoms with E-state index < -0.39 is 0 Å². The molecule has 0 saturated carbocycles. The molecule has 1 fully saturated rings. The van der Waals surface area contributed by atoms with Crippen molar-refractivity contribution in [3.05, 3.63) is 48.1 Å². The maximum atomic E-state index is 4.47. The largest absolute Gasteiger partial charge is 0.341 e. The Labute approximate surface area is 109 Å². The highest BCUT2D eigenvalue weighted by Gasteiger charge is 2.18. The summed E-state index contributed by atoms with van der Waals surface area (Å²) in [5.41, 5.74) is 3.48. The van der Waals surface area contributed by atoms with Gasteiger partial charge < -0.3 is 10.3 Å². The van der Waals surface area contributed by atoms with E-state index in [0.717, 1.165) is 18.1 Å². The fraction of sp³-hybridized carbons (Fsp3) is 0.400. The number of allylic oxidation sites excluding steroid dienone is 5. The molecule has 1 aliphatic heterocycles. The SMILES string of the molecule is C=CC=C(C)C=C(C)c1cnc(C2CCCN2)[nH]1. The molecule has 3 heteroatoms. The van der Waals surface area contributed by atoms with Crippen LogP contribution in [0.25, 0.3) is 5.57 Å². The molecule has 1 saturated heterocycles. The Morgan fingerprint density at radius 1 is 1.50 bits per heavy atom. The molecule has 2 rings (SSSR count). The van der Waals surface area contributed by atoms with E-state index in [1.807, 2.05) is 12.3 Å². The molecular formula is C15H21N3. The number of nitrogens with zero attached hydrogens (tertiary/aromatic N) is 1. The molecule has 3 nitrogen and oxygen atoms in total. The van der Waals surface area contributed by atoms with Crippen molar-refractivity contribution in [1.82, 2.24) is 15.3 Å². The molecular weight excluding hydrogens is 222 g/mol. The van der Waals surface area contributed by atoms with Crippen LogP contribution in [0.3, 0.4) is 0 Å². The minimum Gasteiger partial charge on any atom is -0.341 e. The van der Waals surface area contributed by atoms with Crippen LogP contribution in [0.15, 0.2) is 36.6 Å². The number of hydrogen-bond acceptors (Lipinski definition) is 2. The summed E-state index contributed by atoms with van der Waals surface area (Å²) in [4.78, 5) is 7.88. The Balaban J connectivity index is 2.14. The van der Waals surface area contributed by atoms with Gasteiger partial charge in [-0.2, -0.15) is 0 Å². The summed E-state index contributed by atoms with van der Waals surface area (Å²) in [5, 5.41) is 3.45. The molecule has 0 bridgehead atoms. The summed E-state index contributed by atoms with van der Waals surface area (Å²) in [5.74, 6) is 1.06. The first kappa shape index (κ1) is 12.8. The van der Waals surface area contributed by atoms with Crippen molar-refractivity contribution >= 4 is 5.57 Å². The van der Waals surface area contributed by atoms with E-state index in [4.69, 9.17) is 0 Å². The molecule has 1 atom stereocenters.